The summed E-state index contributed by atoms with van der Waals surface area (Å²) < 4.78 is 7.02. The van der Waals surface area contributed by atoms with E-state index in [1.807, 2.05) is 18.5 Å². The predicted molar refractivity (Wildman–Crippen MR) is 97.1 cm³/mol. The molecule has 2 aromatic rings. The van der Waals surface area contributed by atoms with Crippen molar-refractivity contribution in [2.24, 2.45) is 5.92 Å². The second-order valence-electron chi connectivity index (χ2n) is 7.65. The van der Waals surface area contributed by atoms with Crippen LogP contribution in [0.2, 0.25) is 0 Å². The first-order valence-corrected chi connectivity index (χ1v) is 9.64. The van der Waals surface area contributed by atoms with Crippen molar-refractivity contribution >= 4 is 17.6 Å². The number of aromatic nitrogens is 3. The molecule has 0 bridgehead atoms. The van der Waals surface area contributed by atoms with E-state index in [0.717, 1.165) is 29.9 Å². The Morgan fingerprint density at radius 2 is 2.04 bits per heavy atom. The Morgan fingerprint density at radius 3 is 2.74 bits per heavy atom. The van der Waals surface area contributed by atoms with Crippen LogP contribution in [0.3, 0.4) is 0 Å². The number of anilines is 1. The number of carbonyl (C=O) groups excluding carboxylic acids is 2. The summed E-state index contributed by atoms with van der Waals surface area (Å²) in [6.45, 7) is 5.17. The number of urea groups is 1. The van der Waals surface area contributed by atoms with Gasteiger partial charge in [-0.05, 0) is 32.6 Å². The Kier molecular flexibility index (Phi) is 4.72. The van der Waals surface area contributed by atoms with Crippen LogP contribution in [0, 0.1) is 19.8 Å². The molecule has 0 radical (unpaired) electrons. The van der Waals surface area contributed by atoms with Gasteiger partial charge >= 0.3 is 6.03 Å². The van der Waals surface area contributed by atoms with Gasteiger partial charge in [0.1, 0.15) is 18.0 Å². The van der Waals surface area contributed by atoms with E-state index < -0.39 is 0 Å². The lowest BCUT2D eigenvalue weighted by atomic mass is 9.89. The number of aromatic amines is 1. The maximum atomic E-state index is 12.8. The maximum Gasteiger partial charge on any atom is 0.332 e. The molecule has 0 aromatic carbocycles. The van der Waals surface area contributed by atoms with Crippen LogP contribution >= 0.6 is 0 Å². The highest BCUT2D eigenvalue weighted by Crippen LogP contribution is 2.27. The number of nitrogens with one attached hydrogen (secondary N) is 1. The van der Waals surface area contributed by atoms with Crippen LogP contribution in [-0.2, 0) is 11.3 Å². The maximum absolute atomic E-state index is 12.8. The second-order valence-corrected chi connectivity index (χ2v) is 7.65. The third kappa shape index (κ3) is 3.48. The minimum absolute atomic E-state index is 0.167. The van der Waals surface area contributed by atoms with Crippen LogP contribution < -0.4 is 9.58 Å². The Morgan fingerprint density at radius 1 is 1.26 bits per heavy atom. The van der Waals surface area contributed by atoms with Crippen molar-refractivity contribution in [2.75, 3.05) is 18.0 Å². The van der Waals surface area contributed by atoms with Gasteiger partial charge in [0, 0.05) is 6.54 Å². The van der Waals surface area contributed by atoms with Crippen molar-refractivity contribution < 1.29 is 18.8 Å². The standard InChI is InChI=1S/C19H25N5O3/c1-13-17(14(2)27-21-13)11-23-10-16(8-20-23)24-18(25)12-22(19(24)26)9-15-6-4-3-5-7-15/h8,10,15H,3-7,9,11-12H2,1-2H3/p+1. The fourth-order valence-corrected chi connectivity index (χ4v) is 4.12. The summed E-state index contributed by atoms with van der Waals surface area (Å²) in [5.41, 5.74) is 2.40. The number of imide groups is 1. The summed E-state index contributed by atoms with van der Waals surface area (Å²) in [5, 5.41) is 7.05. The Bertz CT molecular complexity index is 830. The van der Waals surface area contributed by atoms with Gasteiger partial charge in [0.15, 0.2) is 0 Å². The minimum Gasteiger partial charge on any atom is -0.361 e. The first kappa shape index (κ1) is 17.8. The fourth-order valence-electron chi connectivity index (χ4n) is 4.12. The van der Waals surface area contributed by atoms with Crippen molar-refractivity contribution in [1.82, 2.24) is 15.2 Å². The average Bonchev–Trinajstić information content (AvgIpc) is 3.31. The number of nitrogens with zero attached hydrogens (tertiary/aromatic N) is 4. The van der Waals surface area contributed by atoms with E-state index in [9.17, 15) is 9.59 Å². The normalized spacial score (nSPS) is 18.7. The average molecular weight is 372 g/mol. The lowest BCUT2D eigenvalue weighted by molar-refractivity contribution is -0.742. The summed E-state index contributed by atoms with van der Waals surface area (Å²) in [5.74, 6) is 1.12. The van der Waals surface area contributed by atoms with Crippen LogP contribution in [-0.4, -0.2) is 40.2 Å². The van der Waals surface area contributed by atoms with Gasteiger partial charge in [0.2, 0.25) is 12.7 Å². The molecule has 0 spiro atoms. The van der Waals surface area contributed by atoms with Crippen LogP contribution in [0.25, 0.3) is 0 Å². The Labute approximate surface area is 158 Å². The van der Waals surface area contributed by atoms with E-state index in [-0.39, 0.29) is 18.5 Å². The monoisotopic (exact) mass is 372 g/mol. The zero-order chi connectivity index (χ0) is 19.0. The summed E-state index contributed by atoms with van der Waals surface area (Å²) in [7, 11) is 0. The molecule has 0 atom stereocenters. The molecule has 2 fully saturated rings. The summed E-state index contributed by atoms with van der Waals surface area (Å²) in [6.07, 6.45) is 9.51. The molecular formula is C19H26N5O3+. The number of H-pyrrole nitrogens is 1. The van der Waals surface area contributed by atoms with E-state index in [1.54, 1.807) is 17.3 Å². The third-order valence-electron chi connectivity index (χ3n) is 5.67. The van der Waals surface area contributed by atoms with Gasteiger partial charge < -0.3 is 9.42 Å². The third-order valence-corrected chi connectivity index (χ3v) is 5.67. The molecule has 8 heteroatoms. The minimum atomic E-state index is -0.214. The SMILES string of the molecule is Cc1noc(C)c1C[n+]1cc(N2C(=O)CN(CC3CCCCC3)C2=O)c[nH]1. The van der Waals surface area contributed by atoms with Crippen molar-refractivity contribution in [3.05, 3.63) is 29.4 Å². The first-order chi connectivity index (χ1) is 13.0. The van der Waals surface area contributed by atoms with Gasteiger partial charge in [0.05, 0.1) is 17.5 Å². The van der Waals surface area contributed by atoms with Gasteiger partial charge in [-0.15, -0.1) is 4.68 Å². The summed E-state index contributed by atoms with van der Waals surface area (Å²) in [4.78, 5) is 28.3. The molecule has 144 valence electrons. The van der Waals surface area contributed by atoms with Crippen LogP contribution in [0.15, 0.2) is 16.9 Å². The lowest BCUT2D eigenvalue weighted by Gasteiger charge is -2.26. The summed E-state index contributed by atoms with van der Waals surface area (Å²) >= 11 is 0. The van der Waals surface area contributed by atoms with Crippen LogP contribution in [0.4, 0.5) is 10.5 Å². The largest absolute Gasteiger partial charge is 0.361 e. The zero-order valence-corrected chi connectivity index (χ0v) is 15.9. The molecule has 8 nitrogen and oxygen atoms in total. The van der Waals surface area contributed by atoms with E-state index in [4.69, 9.17) is 4.52 Å². The first-order valence-electron chi connectivity index (χ1n) is 9.64. The molecule has 2 aliphatic rings. The highest BCUT2D eigenvalue weighted by Gasteiger charge is 2.39. The second kappa shape index (κ2) is 7.17. The molecule has 3 amide bonds. The molecule has 1 saturated carbocycles. The van der Waals surface area contributed by atoms with E-state index in [1.165, 1.54) is 24.2 Å². The number of amides is 3. The molecule has 0 unspecified atom stereocenters. The van der Waals surface area contributed by atoms with Gasteiger partial charge in [-0.1, -0.05) is 24.4 Å². The molecule has 2 aromatic heterocycles. The quantitative estimate of drug-likeness (QED) is 0.644. The molecule has 3 heterocycles. The van der Waals surface area contributed by atoms with Crippen molar-refractivity contribution in [3.63, 3.8) is 0 Å². The number of carbonyl (C=O) groups is 2. The van der Waals surface area contributed by atoms with Gasteiger partial charge in [-0.3, -0.25) is 4.79 Å². The smallest absolute Gasteiger partial charge is 0.332 e. The summed E-state index contributed by atoms with van der Waals surface area (Å²) in [6, 6.07) is -0.214. The number of aryl methyl sites for hydroxylation is 2. The molecule has 1 N–H and O–H groups in total. The van der Waals surface area contributed by atoms with Crippen LogP contribution in [0.1, 0.15) is 49.1 Å². The van der Waals surface area contributed by atoms with Crippen molar-refractivity contribution in [2.45, 2.75) is 52.5 Å². The zero-order valence-electron chi connectivity index (χ0n) is 15.9. The van der Waals surface area contributed by atoms with Crippen molar-refractivity contribution in [1.29, 1.82) is 0 Å². The number of hydrogen-bond donors (Lipinski definition) is 1. The highest BCUT2D eigenvalue weighted by molar-refractivity contribution is 6.19. The van der Waals surface area contributed by atoms with Crippen molar-refractivity contribution in [3.8, 4) is 0 Å². The number of hydrogen-bond acceptors (Lipinski definition) is 4. The van der Waals surface area contributed by atoms with Gasteiger partial charge in [0.25, 0.3) is 5.91 Å². The molecule has 27 heavy (non-hydrogen) atoms. The van der Waals surface area contributed by atoms with Crippen LogP contribution in [0.5, 0.6) is 0 Å². The van der Waals surface area contributed by atoms with Gasteiger partial charge in [-0.25, -0.2) is 9.69 Å². The fraction of sp³-hybridized carbons (Fsp3) is 0.579. The number of rotatable bonds is 5. The van der Waals surface area contributed by atoms with E-state index >= 15 is 0 Å². The predicted octanol–water partition coefficient (Wildman–Crippen LogP) is 2.30. The molecule has 1 saturated heterocycles. The Hall–Kier alpha value is -2.64. The molecular weight excluding hydrogens is 346 g/mol. The topological polar surface area (TPSA) is 86.3 Å². The molecule has 1 aliphatic heterocycles. The highest BCUT2D eigenvalue weighted by atomic mass is 16.5. The van der Waals surface area contributed by atoms with Gasteiger partial charge in [-0.2, -0.15) is 5.10 Å². The Balaban J connectivity index is 1.46. The molecule has 4 rings (SSSR count). The van der Waals surface area contributed by atoms with E-state index in [2.05, 4.69) is 10.3 Å². The molecule has 1 aliphatic carbocycles. The van der Waals surface area contributed by atoms with E-state index in [0.29, 0.717) is 24.7 Å². The lowest BCUT2D eigenvalue weighted by Crippen LogP contribution is -2.37.